The predicted molar refractivity (Wildman–Crippen MR) is 108 cm³/mol. The van der Waals surface area contributed by atoms with E-state index in [4.69, 9.17) is 5.41 Å². The van der Waals surface area contributed by atoms with E-state index in [0.717, 1.165) is 5.70 Å². The molecule has 4 N–H and O–H groups in total. The molecule has 1 aromatic carbocycles. The summed E-state index contributed by atoms with van der Waals surface area (Å²) in [7, 11) is 1.95. The summed E-state index contributed by atoms with van der Waals surface area (Å²) >= 11 is 0. The second kappa shape index (κ2) is 7.36. The van der Waals surface area contributed by atoms with Crippen molar-refractivity contribution in [1.82, 2.24) is 20.4 Å². The van der Waals surface area contributed by atoms with Gasteiger partial charge in [0.1, 0.15) is 5.82 Å². The zero-order valence-electron chi connectivity index (χ0n) is 15.7. The lowest BCUT2D eigenvalue weighted by Gasteiger charge is -2.14. The van der Waals surface area contributed by atoms with E-state index in [-0.39, 0.29) is 6.04 Å². The maximum absolute atomic E-state index is 7.65. The minimum Gasteiger partial charge on any atom is -0.365 e. The summed E-state index contributed by atoms with van der Waals surface area (Å²) in [5.74, 6) is 1.89. The van der Waals surface area contributed by atoms with Gasteiger partial charge in [0.2, 0.25) is 5.95 Å². The number of hydrogen-bond acceptors (Lipinski definition) is 7. The molecule has 4 rings (SSSR count). The van der Waals surface area contributed by atoms with Crippen LogP contribution in [-0.4, -0.2) is 34.3 Å². The molecular weight excluding hydrogens is 338 g/mol. The van der Waals surface area contributed by atoms with Crippen LogP contribution in [-0.2, 0) is 6.54 Å². The van der Waals surface area contributed by atoms with Gasteiger partial charge in [-0.2, -0.15) is 4.98 Å². The van der Waals surface area contributed by atoms with Crippen LogP contribution in [0.25, 0.3) is 0 Å². The molecule has 2 aliphatic rings. The lowest BCUT2D eigenvalue weighted by Crippen LogP contribution is -2.32. The smallest absolute Gasteiger partial charge is 0.229 e. The van der Waals surface area contributed by atoms with Crippen molar-refractivity contribution in [2.45, 2.75) is 38.3 Å². The highest BCUT2D eigenvalue weighted by molar-refractivity contribution is 5.84. The summed E-state index contributed by atoms with van der Waals surface area (Å²) in [5, 5.41) is 16.2. The number of rotatable bonds is 7. The highest BCUT2D eigenvalue weighted by atomic mass is 15.5. The van der Waals surface area contributed by atoms with Gasteiger partial charge in [-0.25, -0.2) is 10.4 Å². The van der Waals surface area contributed by atoms with Crippen LogP contribution >= 0.6 is 0 Å². The molecular formula is C20H25N7. The van der Waals surface area contributed by atoms with Crippen molar-refractivity contribution < 1.29 is 0 Å². The Kier molecular flexibility index (Phi) is 4.77. The lowest BCUT2D eigenvalue weighted by atomic mass is 10.0. The van der Waals surface area contributed by atoms with Gasteiger partial charge in [-0.05, 0) is 36.8 Å². The summed E-state index contributed by atoms with van der Waals surface area (Å²) in [4.78, 5) is 8.94. The number of hydrazine groups is 1. The average Bonchev–Trinajstić information content (AvgIpc) is 3.46. The maximum atomic E-state index is 7.65. The molecule has 0 radical (unpaired) electrons. The molecule has 0 bridgehead atoms. The van der Waals surface area contributed by atoms with Crippen LogP contribution in [0.4, 0.5) is 11.8 Å². The molecule has 7 heteroatoms. The fraction of sp³-hybridized carbons (Fsp3) is 0.350. The standard InChI is InChI=1S/C20H25N7/c1-13-18(12-27(2)26-13)24-20-23-11-16(9-21)19(25-20)22-10-15-5-3-4-6-17(15)14-7-8-14/h3-6,9,11-14,21,26H,7-8,10H2,1-2H3,(H2,22,23,24,25). The molecule has 2 aromatic rings. The molecule has 1 unspecified atom stereocenters. The summed E-state index contributed by atoms with van der Waals surface area (Å²) < 4.78 is 0. The molecule has 1 fully saturated rings. The van der Waals surface area contributed by atoms with Gasteiger partial charge < -0.3 is 21.1 Å². The second-order valence-corrected chi connectivity index (χ2v) is 7.14. The van der Waals surface area contributed by atoms with Crippen molar-refractivity contribution in [1.29, 1.82) is 5.41 Å². The van der Waals surface area contributed by atoms with Crippen LogP contribution in [0.15, 0.2) is 42.4 Å². The SMILES string of the molecule is CC1NN(C)C=C1Nc1ncc(C=N)c(NCc2ccccc2C2CC2)n1. The topological polar surface area (TPSA) is 89.0 Å². The van der Waals surface area contributed by atoms with Crippen LogP contribution in [0, 0.1) is 5.41 Å². The van der Waals surface area contributed by atoms with E-state index in [2.05, 4.69) is 57.2 Å². The number of hydrogen-bond donors (Lipinski definition) is 4. The van der Waals surface area contributed by atoms with Crippen LogP contribution in [0.1, 0.15) is 42.4 Å². The van der Waals surface area contributed by atoms with Gasteiger partial charge in [0.25, 0.3) is 0 Å². The van der Waals surface area contributed by atoms with Crippen LogP contribution in [0.2, 0.25) is 0 Å². The molecule has 1 aliphatic heterocycles. The van der Waals surface area contributed by atoms with Gasteiger partial charge >= 0.3 is 0 Å². The molecule has 1 aliphatic carbocycles. The van der Waals surface area contributed by atoms with Crippen molar-refractivity contribution in [3.8, 4) is 0 Å². The first-order valence-corrected chi connectivity index (χ1v) is 9.31. The fourth-order valence-electron chi connectivity index (χ4n) is 3.37. The van der Waals surface area contributed by atoms with Gasteiger partial charge in [0.15, 0.2) is 0 Å². The number of anilines is 2. The first kappa shape index (κ1) is 17.5. The molecule has 0 saturated heterocycles. The zero-order chi connectivity index (χ0) is 18.8. The molecule has 7 nitrogen and oxygen atoms in total. The largest absolute Gasteiger partial charge is 0.365 e. The lowest BCUT2D eigenvalue weighted by molar-refractivity contribution is 0.338. The number of aromatic nitrogens is 2. The van der Waals surface area contributed by atoms with Crippen LogP contribution in [0.5, 0.6) is 0 Å². The van der Waals surface area contributed by atoms with E-state index < -0.39 is 0 Å². The highest BCUT2D eigenvalue weighted by Gasteiger charge is 2.25. The third-order valence-electron chi connectivity index (χ3n) is 4.94. The zero-order valence-corrected chi connectivity index (χ0v) is 15.7. The summed E-state index contributed by atoms with van der Waals surface area (Å²) in [5.41, 5.74) is 7.66. The fourth-order valence-corrected chi connectivity index (χ4v) is 3.37. The molecule has 1 saturated carbocycles. The van der Waals surface area contributed by atoms with Gasteiger partial charge in [-0.3, -0.25) is 0 Å². The van der Waals surface area contributed by atoms with Gasteiger partial charge in [-0.1, -0.05) is 24.3 Å². The quantitative estimate of drug-likeness (QED) is 0.566. The first-order chi connectivity index (χ1) is 13.1. The molecule has 27 heavy (non-hydrogen) atoms. The van der Waals surface area contributed by atoms with Gasteiger partial charge in [0, 0.05) is 32.2 Å². The highest BCUT2D eigenvalue weighted by Crippen LogP contribution is 2.41. The monoisotopic (exact) mass is 363 g/mol. The van der Waals surface area contributed by atoms with E-state index in [1.165, 1.54) is 30.2 Å². The Bertz CT molecular complexity index is 872. The first-order valence-electron chi connectivity index (χ1n) is 9.31. The van der Waals surface area contributed by atoms with Crippen molar-refractivity contribution in [2.75, 3.05) is 17.7 Å². The minimum atomic E-state index is 0.169. The summed E-state index contributed by atoms with van der Waals surface area (Å²) in [6, 6.07) is 8.73. The Morgan fingerprint density at radius 2 is 2.15 bits per heavy atom. The van der Waals surface area contributed by atoms with Crippen molar-refractivity contribution in [2.24, 2.45) is 0 Å². The molecule has 1 aromatic heterocycles. The third kappa shape index (κ3) is 3.93. The molecule has 0 spiro atoms. The van der Waals surface area contributed by atoms with Crippen molar-refractivity contribution >= 4 is 18.0 Å². The predicted octanol–water partition coefficient (Wildman–Crippen LogP) is 3.06. The molecule has 1 atom stereocenters. The van der Waals surface area contributed by atoms with Crippen molar-refractivity contribution in [3.63, 3.8) is 0 Å². The van der Waals surface area contributed by atoms with Crippen LogP contribution < -0.4 is 16.1 Å². The van der Waals surface area contributed by atoms with Gasteiger partial charge in [0.05, 0.1) is 17.3 Å². The minimum absolute atomic E-state index is 0.169. The van der Waals surface area contributed by atoms with Crippen LogP contribution in [0.3, 0.4) is 0 Å². The van der Waals surface area contributed by atoms with E-state index >= 15 is 0 Å². The van der Waals surface area contributed by atoms with E-state index in [0.29, 0.717) is 29.8 Å². The molecule has 2 heterocycles. The molecule has 140 valence electrons. The van der Waals surface area contributed by atoms with Crippen molar-refractivity contribution in [3.05, 3.63) is 59.0 Å². The third-order valence-corrected chi connectivity index (χ3v) is 4.94. The number of benzene rings is 1. The Morgan fingerprint density at radius 1 is 1.33 bits per heavy atom. The maximum Gasteiger partial charge on any atom is 0.229 e. The Labute approximate surface area is 159 Å². The summed E-state index contributed by atoms with van der Waals surface area (Å²) in [6.45, 7) is 2.76. The van der Waals surface area contributed by atoms with E-state index in [9.17, 15) is 0 Å². The van der Waals surface area contributed by atoms with E-state index in [1.54, 1.807) is 6.20 Å². The average molecular weight is 363 g/mol. The Balaban J connectivity index is 1.51. The molecule has 0 amide bonds. The Morgan fingerprint density at radius 3 is 2.85 bits per heavy atom. The van der Waals surface area contributed by atoms with E-state index in [1.807, 2.05) is 18.3 Å². The number of nitrogens with zero attached hydrogens (tertiary/aromatic N) is 3. The second-order valence-electron chi connectivity index (χ2n) is 7.14. The van der Waals surface area contributed by atoms with Gasteiger partial charge in [-0.15, -0.1) is 0 Å². The Hall–Kier alpha value is -2.93. The normalized spacial score (nSPS) is 19.0. The number of nitrogens with one attached hydrogen (secondary N) is 4. The summed E-state index contributed by atoms with van der Waals surface area (Å²) in [6.07, 6.45) is 7.50.